The van der Waals surface area contributed by atoms with Gasteiger partial charge in [0.25, 0.3) is 0 Å². The van der Waals surface area contributed by atoms with Gasteiger partial charge in [-0.05, 0) is 18.8 Å². The Kier molecular flexibility index (Phi) is 4.04. The molecule has 0 radical (unpaired) electrons. The van der Waals surface area contributed by atoms with Crippen molar-refractivity contribution >= 4 is 18.4 Å². The smallest absolute Gasteiger partial charge is 0.309 e. The third kappa shape index (κ3) is 1.74. The Bertz CT molecular complexity index is 160. The number of aliphatic carboxylic acids is 1. The Hall–Kier alpha value is -0.240. The van der Waals surface area contributed by atoms with Crippen LogP contribution >= 0.6 is 12.4 Å². The van der Waals surface area contributed by atoms with Crippen molar-refractivity contribution in [3.8, 4) is 0 Å². The van der Waals surface area contributed by atoms with E-state index in [0.29, 0.717) is 0 Å². The van der Waals surface area contributed by atoms with E-state index in [0.717, 1.165) is 25.7 Å². The Morgan fingerprint density at radius 2 is 1.75 bits per heavy atom. The van der Waals surface area contributed by atoms with Crippen molar-refractivity contribution in [3.05, 3.63) is 0 Å². The van der Waals surface area contributed by atoms with E-state index < -0.39 is 5.97 Å². The Labute approximate surface area is 79.8 Å². The van der Waals surface area contributed by atoms with Gasteiger partial charge in [-0.25, -0.2) is 0 Å². The second kappa shape index (κ2) is 4.13. The minimum absolute atomic E-state index is 0. The first-order valence-electron chi connectivity index (χ1n) is 4.33. The topological polar surface area (TPSA) is 37.3 Å². The lowest BCUT2D eigenvalue weighted by Crippen LogP contribution is -2.33. The molecule has 0 atom stereocenters. The van der Waals surface area contributed by atoms with Gasteiger partial charge in [-0.3, -0.25) is 4.79 Å². The van der Waals surface area contributed by atoms with Crippen LogP contribution in [0.4, 0.5) is 0 Å². The number of carboxylic acids is 1. The summed E-state index contributed by atoms with van der Waals surface area (Å²) in [5.41, 5.74) is -0.389. The second-order valence-electron chi connectivity index (χ2n) is 3.82. The Balaban J connectivity index is 0.00000121. The molecular weight excluding hydrogens is 176 g/mol. The molecule has 3 heteroatoms. The predicted octanol–water partition coefficient (Wildman–Crippen LogP) is 2.71. The van der Waals surface area contributed by atoms with Crippen molar-refractivity contribution < 1.29 is 9.90 Å². The Morgan fingerprint density at radius 3 is 1.92 bits per heavy atom. The summed E-state index contributed by atoms with van der Waals surface area (Å²) >= 11 is 0. The van der Waals surface area contributed by atoms with Crippen LogP contribution in [-0.4, -0.2) is 11.1 Å². The summed E-state index contributed by atoms with van der Waals surface area (Å²) in [4.78, 5) is 11.0. The maximum atomic E-state index is 11.0. The highest BCUT2D eigenvalue weighted by Gasteiger charge is 2.43. The molecule has 0 saturated heterocycles. The van der Waals surface area contributed by atoms with Gasteiger partial charge in [0.2, 0.25) is 0 Å². The maximum absolute atomic E-state index is 11.0. The number of carbonyl (C=O) groups is 1. The fourth-order valence-corrected chi connectivity index (χ4v) is 2.04. The molecule has 1 aliphatic rings. The van der Waals surface area contributed by atoms with E-state index in [-0.39, 0.29) is 23.7 Å². The lowest BCUT2D eigenvalue weighted by atomic mass is 9.76. The SMILES string of the molecule is CC(C)C1(C(=O)O)CCCC1.Cl. The van der Waals surface area contributed by atoms with Crippen LogP contribution in [-0.2, 0) is 4.79 Å². The summed E-state index contributed by atoms with van der Waals surface area (Å²) in [7, 11) is 0. The summed E-state index contributed by atoms with van der Waals surface area (Å²) in [6, 6.07) is 0. The molecule has 0 amide bonds. The van der Waals surface area contributed by atoms with Crippen molar-refractivity contribution in [1.29, 1.82) is 0 Å². The average molecular weight is 193 g/mol. The zero-order chi connectivity index (χ0) is 8.48. The molecule has 1 saturated carbocycles. The first-order chi connectivity index (χ1) is 5.09. The molecule has 0 aromatic heterocycles. The summed E-state index contributed by atoms with van der Waals surface area (Å²) in [5, 5.41) is 9.03. The third-order valence-corrected chi connectivity index (χ3v) is 3.03. The zero-order valence-corrected chi connectivity index (χ0v) is 8.49. The molecule has 0 spiro atoms. The van der Waals surface area contributed by atoms with Crippen LogP contribution in [0.3, 0.4) is 0 Å². The molecule has 2 nitrogen and oxygen atoms in total. The van der Waals surface area contributed by atoms with E-state index in [9.17, 15) is 4.79 Å². The monoisotopic (exact) mass is 192 g/mol. The quantitative estimate of drug-likeness (QED) is 0.731. The molecule has 1 rings (SSSR count). The van der Waals surface area contributed by atoms with Gasteiger partial charge in [-0.15, -0.1) is 12.4 Å². The normalized spacial score (nSPS) is 20.6. The molecule has 1 N–H and O–H groups in total. The van der Waals surface area contributed by atoms with Crippen LogP contribution in [0.1, 0.15) is 39.5 Å². The molecule has 1 fully saturated rings. The molecule has 0 bridgehead atoms. The van der Waals surface area contributed by atoms with Gasteiger partial charge < -0.3 is 5.11 Å². The van der Waals surface area contributed by atoms with Crippen molar-refractivity contribution in [1.82, 2.24) is 0 Å². The van der Waals surface area contributed by atoms with Crippen molar-refractivity contribution in [2.75, 3.05) is 0 Å². The van der Waals surface area contributed by atoms with Crippen LogP contribution in [0.15, 0.2) is 0 Å². The lowest BCUT2D eigenvalue weighted by Gasteiger charge is -2.27. The maximum Gasteiger partial charge on any atom is 0.309 e. The minimum atomic E-state index is -0.593. The Morgan fingerprint density at radius 1 is 1.33 bits per heavy atom. The molecule has 0 unspecified atom stereocenters. The van der Waals surface area contributed by atoms with E-state index in [1.54, 1.807) is 0 Å². The van der Waals surface area contributed by atoms with E-state index >= 15 is 0 Å². The van der Waals surface area contributed by atoms with Gasteiger partial charge in [-0.2, -0.15) is 0 Å². The van der Waals surface area contributed by atoms with Crippen molar-refractivity contribution in [3.63, 3.8) is 0 Å². The number of halogens is 1. The number of carboxylic acid groups (broad SMARTS) is 1. The van der Waals surface area contributed by atoms with E-state index in [4.69, 9.17) is 5.11 Å². The summed E-state index contributed by atoms with van der Waals surface area (Å²) in [6.07, 6.45) is 3.93. The molecule has 0 aromatic rings. The van der Waals surface area contributed by atoms with Crippen molar-refractivity contribution in [2.45, 2.75) is 39.5 Å². The fraction of sp³-hybridized carbons (Fsp3) is 0.889. The van der Waals surface area contributed by atoms with E-state index in [1.165, 1.54) is 0 Å². The molecule has 12 heavy (non-hydrogen) atoms. The summed E-state index contributed by atoms with van der Waals surface area (Å²) < 4.78 is 0. The summed E-state index contributed by atoms with van der Waals surface area (Å²) in [5.74, 6) is -0.313. The van der Waals surface area contributed by atoms with Gasteiger partial charge in [-0.1, -0.05) is 26.7 Å². The molecular formula is C9H17ClO2. The van der Waals surface area contributed by atoms with E-state index in [1.807, 2.05) is 13.8 Å². The molecule has 72 valence electrons. The number of rotatable bonds is 2. The van der Waals surface area contributed by atoms with Gasteiger partial charge in [0.1, 0.15) is 0 Å². The zero-order valence-electron chi connectivity index (χ0n) is 7.67. The largest absolute Gasteiger partial charge is 0.481 e. The first kappa shape index (κ1) is 11.8. The highest BCUT2D eigenvalue weighted by molar-refractivity contribution is 5.85. The van der Waals surface area contributed by atoms with Gasteiger partial charge in [0, 0.05) is 0 Å². The second-order valence-corrected chi connectivity index (χ2v) is 3.82. The van der Waals surface area contributed by atoms with Gasteiger partial charge >= 0.3 is 5.97 Å². The molecule has 0 heterocycles. The van der Waals surface area contributed by atoms with Crippen LogP contribution in [0.2, 0.25) is 0 Å². The first-order valence-corrected chi connectivity index (χ1v) is 4.33. The van der Waals surface area contributed by atoms with Crippen LogP contribution in [0, 0.1) is 11.3 Å². The standard InChI is InChI=1S/C9H16O2.ClH/c1-7(2)9(8(10)11)5-3-4-6-9;/h7H,3-6H2,1-2H3,(H,10,11);1H. The van der Waals surface area contributed by atoms with Crippen LogP contribution < -0.4 is 0 Å². The molecule has 1 aliphatic carbocycles. The fourth-order valence-electron chi connectivity index (χ4n) is 2.04. The minimum Gasteiger partial charge on any atom is -0.481 e. The molecule has 0 aromatic carbocycles. The van der Waals surface area contributed by atoms with Crippen LogP contribution in [0.5, 0.6) is 0 Å². The number of hydrogen-bond donors (Lipinski definition) is 1. The third-order valence-electron chi connectivity index (χ3n) is 3.03. The number of hydrogen-bond acceptors (Lipinski definition) is 1. The lowest BCUT2D eigenvalue weighted by molar-refractivity contribution is -0.151. The van der Waals surface area contributed by atoms with E-state index in [2.05, 4.69) is 0 Å². The molecule has 0 aliphatic heterocycles. The van der Waals surface area contributed by atoms with Gasteiger partial charge in [0.05, 0.1) is 5.41 Å². The summed E-state index contributed by atoms with van der Waals surface area (Å²) in [6.45, 7) is 4.03. The average Bonchev–Trinajstić information content (AvgIpc) is 2.34. The van der Waals surface area contributed by atoms with Crippen molar-refractivity contribution in [2.24, 2.45) is 11.3 Å². The predicted molar refractivity (Wildman–Crippen MR) is 50.6 cm³/mol. The highest BCUT2D eigenvalue weighted by Crippen LogP contribution is 2.44. The van der Waals surface area contributed by atoms with Crippen LogP contribution in [0.25, 0.3) is 0 Å². The van der Waals surface area contributed by atoms with Gasteiger partial charge in [0.15, 0.2) is 0 Å². The highest BCUT2D eigenvalue weighted by atomic mass is 35.5.